The van der Waals surface area contributed by atoms with Crippen LogP contribution in [-0.2, 0) is 9.59 Å². The van der Waals surface area contributed by atoms with Gasteiger partial charge in [-0.15, -0.1) is 0 Å². The topological polar surface area (TPSA) is 73.0 Å². The highest BCUT2D eigenvalue weighted by Gasteiger charge is 2.27. The first-order chi connectivity index (χ1) is 6.43. The molecule has 2 N–H and O–H groups in total. The summed E-state index contributed by atoms with van der Waals surface area (Å²) in [5, 5.41) is 0.262. The van der Waals surface area contributed by atoms with Gasteiger partial charge in [-0.2, -0.15) is 0 Å². The molecule has 6 heteroatoms. The molecular weight excluding hydrogens is 224 g/mol. The highest BCUT2D eigenvalue weighted by atomic mass is 35.5. The van der Waals surface area contributed by atoms with Crippen molar-refractivity contribution in [2.45, 2.75) is 19.8 Å². The Kier molecular flexibility index (Phi) is 3.23. The van der Waals surface area contributed by atoms with Crippen molar-refractivity contribution in [1.29, 1.82) is 0 Å². The molecule has 0 saturated carbocycles. The minimum Gasteiger partial charge on any atom is -0.375 e. The van der Waals surface area contributed by atoms with Crippen LogP contribution in [0.15, 0.2) is 0 Å². The van der Waals surface area contributed by atoms with Gasteiger partial charge in [-0.25, -0.2) is 4.98 Å². The molecule has 0 fully saturated rings. The van der Waals surface area contributed by atoms with Crippen molar-refractivity contribution in [2.24, 2.45) is 0 Å². The van der Waals surface area contributed by atoms with Crippen molar-refractivity contribution < 1.29 is 9.59 Å². The van der Waals surface area contributed by atoms with Gasteiger partial charge >= 0.3 is 0 Å². The van der Waals surface area contributed by atoms with Gasteiger partial charge in [-0.05, 0) is 13.8 Å². The summed E-state index contributed by atoms with van der Waals surface area (Å²) < 4.78 is 0.304. The van der Waals surface area contributed by atoms with Crippen molar-refractivity contribution in [3.63, 3.8) is 0 Å². The summed E-state index contributed by atoms with van der Waals surface area (Å²) >= 11 is 6.86. The number of carbonyl (C=O) groups is 2. The molecular formula is C8H9ClN2O2S. The summed E-state index contributed by atoms with van der Waals surface area (Å²) in [7, 11) is 0. The third-order valence-electron chi connectivity index (χ3n) is 1.71. The van der Waals surface area contributed by atoms with Crippen LogP contribution in [0.4, 0.5) is 5.13 Å². The van der Waals surface area contributed by atoms with E-state index >= 15 is 0 Å². The molecule has 0 aliphatic carbocycles. The zero-order valence-corrected chi connectivity index (χ0v) is 9.28. The number of rotatable bonds is 3. The molecule has 0 amide bonds. The fourth-order valence-corrected chi connectivity index (χ4v) is 2.16. The fourth-order valence-electron chi connectivity index (χ4n) is 1.18. The Bertz CT molecular complexity index is 375. The van der Waals surface area contributed by atoms with Gasteiger partial charge in [0.25, 0.3) is 0 Å². The Balaban J connectivity index is 3.18. The minimum absolute atomic E-state index is 0.262. The Hall–Kier alpha value is -0.940. The van der Waals surface area contributed by atoms with Gasteiger partial charge in [0.1, 0.15) is 21.8 Å². The zero-order chi connectivity index (χ0) is 10.9. The van der Waals surface area contributed by atoms with Gasteiger partial charge in [0.2, 0.25) is 0 Å². The fraction of sp³-hybridized carbons (Fsp3) is 0.375. The van der Waals surface area contributed by atoms with Crippen LogP contribution in [0, 0.1) is 0 Å². The standard InChI is InChI=1S/C8H9ClN2O2S/c1-3(12)5(4(2)13)6-7(9)14-8(10)11-6/h5H,1-2H3,(H2,10,11). The molecule has 14 heavy (non-hydrogen) atoms. The number of nitrogen functional groups attached to an aromatic ring is 1. The van der Waals surface area contributed by atoms with Gasteiger partial charge in [0.15, 0.2) is 5.13 Å². The maximum atomic E-state index is 11.2. The molecule has 0 aromatic carbocycles. The first-order valence-electron chi connectivity index (χ1n) is 3.86. The van der Waals surface area contributed by atoms with Gasteiger partial charge in [0, 0.05) is 0 Å². The predicted octanol–water partition coefficient (Wildman–Crippen LogP) is 1.64. The summed E-state index contributed by atoms with van der Waals surface area (Å²) in [6.45, 7) is 2.66. The molecule has 1 aromatic heterocycles. The normalized spacial score (nSPS) is 10.6. The Morgan fingerprint density at radius 2 is 1.93 bits per heavy atom. The SMILES string of the molecule is CC(=O)C(C(C)=O)c1nc(N)sc1Cl. The average molecular weight is 233 g/mol. The number of nitrogens with zero attached hydrogens (tertiary/aromatic N) is 1. The summed E-state index contributed by atoms with van der Waals surface area (Å²) in [6.07, 6.45) is 0. The predicted molar refractivity (Wildman–Crippen MR) is 55.6 cm³/mol. The van der Waals surface area contributed by atoms with Crippen molar-refractivity contribution in [3.8, 4) is 0 Å². The molecule has 0 aliphatic rings. The van der Waals surface area contributed by atoms with Crippen LogP contribution in [-0.4, -0.2) is 16.6 Å². The lowest BCUT2D eigenvalue weighted by Crippen LogP contribution is -2.17. The first-order valence-corrected chi connectivity index (χ1v) is 5.05. The third-order valence-corrected chi connectivity index (χ3v) is 2.83. The van der Waals surface area contributed by atoms with Gasteiger partial charge < -0.3 is 5.73 Å². The molecule has 0 atom stereocenters. The number of thiazole rings is 1. The maximum Gasteiger partial charge on any atom is 0.181 e. The zero-order valence-electron chi connectivity index (χ0n) is 7.70. The number of aromatic nitrogens is 1. The van der Waals surface area contributed by atoms with E-state index in [9.17, 15) is 9.59 Å². The molecule has 0 radical (unpaired) electrons. The van der Waals surface area contributed by atoms with Gasteiger partial charge in [-0.3, -0.25) is 9.59 Å². The molecule has 76 valence electrons. The second-order valence-corrected chi connectivity index (χ2v) is 4.50. The van der Waals surface area contributed by atoms with Crippen LogP contribution >= 0.6 is 22.9 Å². The molecule has 1 aromatic rings. The van der Waals surface area contributed by atoms with E-state index in [1.807, 2.05) is 0 Å². The van der Waals surface area contributed by atoms with Crippen LogP contribution in [0.25, 0.3) is 0 Å². The highest BCUT2D eigenvalue weighted by molar-refractivity contribution is 7.19. The van der Waals surface area contributed by atoms with Crippen LogP contribution in [0.1, 0.15) is 25.5 Å². The monoisotopic (exact) mass is 232 g/mol. The van der Waals surface area contributed by atoms with Gasteiger partial charge in [-0.1, -0.05) is 22.9 Å². The summed E-state index contributed by atoms with van der Waals surface area (Å²) in [6, 6.07) is 0. The van der Waals surface area contributed by atoms with E-state index in [2.05, 4.69) is 4.98 Å². The van der Waals surface area contributed by atoms with Gasteiger partial charge in [0.05, 0.1) is 5.69 Å². The smallest absolute Gasteiger partial charge is 0.181 e. The number of hydrogen-bond acceptors (Lipinski definition) is 5. The van der Waals surface area contributed by atoms with Crippen molar-refractivity contribution in [1.82, 2.24) is 4.98 Å². The molecule has 1 rings (SSSR count). The number of ketones is 2. The molecule has 4 nitrogen and oxygen atoms in total. The van der Waals surface area contributed by atoms with E-state index in [0.717, 1.165) is 11.3 Å². The number of Topliss-reactive ketones (excluding diaryl/α,β-unsaturated/α-hetero) is 2. The lowest BCUT2D eigenvalue weighted by Gasteiger charge is -2.06. The number of hydrogen-bond donors (Lipinski definition) is 1. The van der Waals surface area contributed by atoms with E-state index in [1.54, 1.807) is 0 Å². The quantitative estimate of drug-likeness (QED) is 0.805. The van der Waals surface area contributed by atoms with E-state index < -0.39 is 5.92 Å². The van der Waals surface area contributed by atoms with Crippen LogP contribution in [0.2, 0.25) is 4.34 Å². The van der Waals surface area contributed by atoms with E-state index in [4.69, 9.17) is 17.3 Å². The lowest BCUT2D eigenvalue weighted by atomic mass is 9.98. The first kappa shape index (κ1) is 11.1. The third kappa shape index (κ3) is 2.10. The highest BCUT2D eigenvalue weighted by Crippen LogP contribution is 2.32. The Morgan fingerprint density at radius 3 is 2.21 bits per heavy atom. The summed E-state index contributed by atoms with van der Waals surface area (Å²) in [5.41, 5.74) is 5.69. The van der Waals surface area contributed by atoms with Crippen molar-refractivity contribution in [2.75, 3.05) is 5.73 Å². The van der Waals surface area contributed by atoms with E-state index in [0.29, 0.717) is 4.34 Å². The van der Waals surface area contributed by atoms with E-state index in [-0.39, 0.29) is 22.4 Å². The number of nitrogens with two attached hydrogens (primary N) is 1. The Labute approximate surface area is 90.1 Å². The number of halogens is 1. The molecule has 0 saturated heterocycles. The van der Waals surface area contributed by atoms with Crippen molar-refractivity contribution in [3.05, 3.63) is 10.0 Å². The summed E-state index contributed by atoms with van der Waals surface area (Å²) in [4.78, 5) is 26.3. The molecule has 0 aliphatic heterocycles. The van der Waals surface area contributed by atoms with E-state index in [1.165, 1.54) is 13.8 Å². The lowest BCUT2D eigenvalue weighted by molar-refractivity contribution is -0.126. The number of anilines is 1. The molecule has 0 unspecified atom stereocenters. The maximum absolute atomic E-state index is 11.2. The molecule has 0 bridgehead atoms. The molecule has 1 heterocycles. The second kappa shape index (κ2) is 4.06. The van der Waals surface area contributed by atoms with Crippen LogP contribution < -0.4 is 5.73 Å². The molecule has 0 spiro atoms. The summed E-state index contributed by atoms with van der Waals surface area (Å²) in [5.74, 6) is -1.43. The Morgan fingerprint density at radius 1 is 1.43 bits per heavy atom. The largest absolute Gasteiger partial charge is 0.375 e. The van der Waals surface area contributed by atoms with Crippen LogP contribution in [0.3, 0.4) is 0 Å². The number of carbonyl (C=O) groups excluding carboxylic acids is 2. The average Bonchev–Trinajstić information content (AvgIpc) is 2.29. The minimum atomic E-state index is -0.879. The van der Waals surface area contributed by atoms with Crippen molar-refractivity contribution >= 4 is 39.6 Å². The second-order valence-electron chi connectivity index (χ2n) is 2.87. The van der Waals surface area contributed by atoms with Crippen LogP contribution in [0.5, 0.6) is 0 Å².